The summed E-state index contributed by atoms with van der Waals surface area (Å²) in [6, 6.07) is 6.39. The molecule has 16 heavy (non-hydrogen) atoms. The molecular weight excluding hydrogens is 296 g/mol. The number of rotatable bonds is 2. The Labute approximate surface area is 94.0 Å². The van der Waals surface area contributed by atoms with E-state index in [-0.39, 0.29) is 10.0 Å². The van der Waals surface area contributed by atoms with Crippen LogP contribution in [0.4, 0.5) is 22.0 Å². The Morgan fingerprint density at radius 3 is 1.88 bits per heavy atom. The topological polar surface area (TPSA) is 23.8 Å². The van der Waals surface area contributed by atoms with E-state index in [9.17, 15) is 22.0 Å². The van der Waals surface area contributed by atoms with Crippen LogP contribution in [-0.4, -0.2) is 26.0 Å². The fourth-order valence-corrected chi connectivity index (χ4v) is 2.24. The first-order valence-electron chi connectivity index (χ1n) is 3.90. The van der Waals surface area contributed by atoms with Gasteiger partial charge in [-0.25, -0.2) is 0 Å². The minimum atomic E-state index is -5.53. The molecule has 0 spiro atoms. The van der Waals surface area contributed by atoms with Crippen molar-refractivity contribution in [2.45, 2.75) is 11.0 Å². The number of hydrogen-bond donors (Lipinski definition) is 0. The molecule has 0 unspecified atom stereocenters. The summed E-state index contributed by atoms with van der Waals surface area (Å²) >= 11 is -2.03. The second kappa shape index (κ2) is 4.40. The van der Waals surface area contributed by atoms with Crippen LogP contribution in [0.1, 0.15) is 5.56 Å². The number of benzene rings is 1. The van der Waals surface area contributed by atoms with Crippen LogP contribution in [0.15, 0.2) is 24.3 Å². The summed E-state index contributed by atoms with van der Waals surface area (Å²) in [5.41, 5.74) is 0.217. The number of halogens is 5. The van der Waals surface area contributed by atoms with E-state index >= 15 is 0 Å². The number of nitriles is 1. The van der Waals surface area contributed by atoms with E-state index in [1.807, 2.05) is 0 Å². The van der Waals surface area contributed by atoms with Crippen molar-refractivity contribution in [1.29, 1.82) is 5.26 Å². The molecular formula is C9H4F5NSe. The third-order valence-electron chi connectivity index (χ3n) is 1.56. The Kier molecular flexibility index (Phi) is 3.56. The summed E-state index contributed by atoms with van der Waals surface area (Å²) in [4.78, 5) is -4.69. The summed E-state index contributed by atoms with van der Waals surface area (Å²) in [6.45, 7) is 0. The van der Waals surface area contributed by atoms with E-state index in [0.29, 0.717) is 0 Å². The molecule has 0 N–H and O–H groups in total. The molecule has 0 bridgehead atoms. The zero-order valence-electron chi connectivity index (χ0n) is 7.55. The third kappa shape index (κ3) is 2.94. The number of alkyl halides is 5. The molecule has 0 aromatic heterocycles. The minimum absolute atomic E-state index is 0.103. The van der Waals surface area contributed by atoms with E-state index < -0.39 is 26.0 Å². The monoisotopic (exact) mass is 301 g/mol. The molecule has 0 aliphatic heterocycles. The van der Waals surface area contributed by atoms with Crippen LogP contribution in [0.25, 0.3) is 0 Å². The summed E-state index contributed by atoms with van der Waals surface area (Å²) in [7, 11) is 0. The van der Waals surface area contributed by atoms with Gasteiger partial charge in [-0.05, 0) is 0 Å². The third-order valence-corrected chi connectivity index (χ3v) is 3.65. The maximum absolute atomic E-state index is 12.6. The fourth-order valence-electron chi connectivity index (χ4n) is 0.803. The molecule has 0 radical (unpaired) electrons. The van der Waals surface area contributed by atoms with Crippen molar-refractivity contribution in [3.8, 4) is 6.07 Å². The van der Waals surface area contributed by atoms with E-state index in [2.05, 4.69) is 0 Å². The Morgan fingerprint density at radius 2 is 1.50 bits per heavy atom. The zero-order valence-corrected chi connectivity index (χ0v) is 9.27. The van der Waals surface area contributed by atoms with Gasteiger partial charge in [-0.1, -0.05) is 0 Å². The summed E-state index contributed by atoms with van der Waals surface area (Å²) in [5, 5.41) is 8.42. The first-order chi connectivity index (χ1) is 7.26. The van der Waals surface area contributed by atoms with Crippen molar-refractivity contribution in [3.63, 3.8) is 0 Å². The predicted molar refractivity (Wildman–Crippen MR) is 47.5 cm³/mol. The maximum atomic E-state index is 12.6. The first kappa shape index (κ1) is 12.9. The van der Waals surface area contributed by atoms with Gasteiger partial charge >= 0.3 is 93.5 Å². The molecule has 0 fully saturated rings. The van der Waals surface area contributed by atoms with Crippen molar-refractivity contribution in [3.05, 3.63) is 29.8 Å². The van der Waals surface area contributed by atoms with E-state index in [0.717, 1.165) is 12.1 Å². The van der Waals surface area contributed by atoms with E-state index in [1.54, 1.807) is 6.07 Å². The molecule has 86 valence electrons. The molecule has 0 heterocycles. The zero-order chi connectivity index (χ0) is 12.4. The predicted octanol–water partition coefficient (Wildman–Crippen LogP) is 2.04. The summed E-state index contributed by atoms with van der Waals surface area (Å²) < 4.78 is 60.8. The van der Waals surface area contributed by atoms with E-state index in [4.69, 9.17) is 5.26 Å². The summed E-state index contributed by atoms with van der Waals surface area (Å²) in [6.07, 6.45) is -5.53. The standard InChI is InChI=1S/C9H4F5NSe/c10-8(11,12)9(13,14)16-7-3-1-6(5-15)2-4-7/h1-4H. The fraction of sp³-hybridized carbons (Fsp3) is 0.222. The first-order valence-corrected chi connectivity index (χ1v) is 5.61. The van der Waals surface area contributed by atoms with Gasteiger partial charge in [0.15, 0.2) is 0 Å². The van der Waals surface area contributed by atoms with Crippen LogP contribution >= 0.6 is 0 Å². The van der Waals surface area contributed by atoms with E-state index in [1.165, 1.54) is 12.1 Å². The summed E-state index contributed by atoms with van der Waals surface area (Å²) in [5.74, 6) is 0. The van der Waals surface area contributed by atoms with Gasteiger partial charge in [0.25, 0.3) is 0 Å². The molecule has 1 aromatic rings. The molecule has 0 saturated heterocycles. The van der Waals surface area contributed by atoms with Crippen molar-refractivity contribution < 1.29 is 22.0 Å². The molecule has 0 aliphatic carbocycles. The van der Waals surface area contributed by atoms with Crippen molar-refractivity contribution in [2.24, 2.45) is 0 Å². The van der Waals surface area contributed by atoms with Crippen LogP contribution in [0.3, 0.4) is 0 Å². The average Bonchev–Trinajstić information content (AvgIpc) is 2.16. The molecule has 0 atom stereocenters. The Hall–Kier alpha value is -1.12. The van der Waals surface area contributed by atoms with Crippen LogP contribution in [0.2, 0.25) is 0 Å². The van der Waals surface area contributed by atoms with Gasteiger partial charge in [0.05, 0.1) is 0 Å². The second-order valence-electron chi connectivity index (χ2n) is 2.75. The normalized spacial score (nSPS) is 12.2. The van der Waals surface area contributed by atoms with Crippen molar-refractivity contribution >= 4 is 19.4 Å². The van der Waals surface area contributed by atoms with Gasteiger partial charge in [-0.15, -0.1) is 0 Å². The van der Waals surface area contributed by atoms with Gasteiger partial charge in [0.2, 0.25) is 0 Å². The molecule has 0 saturated carbocycles. The van der Waals surface area contributed by atoms with Gasteiger partial charge in [-0.3, -0.25) is 0 Å². The van der Waals surface area contributed by atoms with Crippen molar-refractivity contribution in [2.75, 3.05) is 0 Å². The molecule has 0 aliphatic rings. The van der Waals surface area contributed by atoms with Gasteiger partial charge in [0.1, 0.15) is 0 Å². The average molecular weight is 300 g/mol. The quantitative estimate of drug-likeness (QED) is 0.606. The molecule has 7 heteroatoms. The molecule has 1 aromatic carbocycles. The van der Waals surface area contributed by atoms with Crippen molar-refractivity contribution in [1.82, 2.24) is 0 Å². The van der Waals surface area contributed by atoms with Gasteiger partial charge in [0, 0.05) is 0 Å². The van der Waals surface area contributed by atoms with Crippen LogP contribution in [-0.2, 0) is 0 Å². The van der Waals surface area contributed by atoms with Gasteiger partial charge in [-0.2, -0.15) is 0 Å². The van der Waals surface area contributed by atoms with Crippen LogP contribution in [0.5, 0.6) is 0 Å². The van der Waals surface area contributed by atoms with Crippen LogP contribution in [0, 0.1) is 11.3 Å². The number of nitrogens with zero attached hydrogens (tertiary/aromatic N) is 1. The SMILES string of the molecule is N#Cc1ccc([Se]C(F)(F)C(F)(F)F)cc1. The second-order valence-corrected chi connectivity index (χ2v) is 5.25. The molecule has 1 nitrogen and oxygen atoms in total. The Bertz CT molecular complexity index is 403. The molecule has 1 rings (SSSR count). The van der Waals surface area contributed by atoms with Gasteiger partial charge < -0.3 is 0 Å². The number of hydrogen-bond acceptors (Lipinski definition) is 1. The molecule has 0 amide bonds. The Balaban J connectivity index is 2.85. The Morgan fingerprint density at radius 1 is 1.00 bits per heavy atom. The van der Waals surface area contributed by atoms with Crippen LogP contribution < -0.4 is 4.46 Å².